The highest BCUT2D eigenvalue weighted by Gasteiger charge is 2.59. The summed E-state index contributed by atoms with van der Waals surface area (Å²) in [6, 6.07) is 13.1. The minimum atomic E-state index is -1.12. The molecule has 0 spiro atoms. The summed E-state index contributed by atoms with van der Waals surface area (Å²) in [7, 11) is 0. The maximum Gasteiger partial charge on any atom is 0.317 e. The number of nitrogens with zero attached hydrogens (tertiary/aromatic N) is 1. The van der Waals surface area contributed by atoms with Gasteiger partial charge in [-0.1, -0.05) is 18.2 Å². The molecule has 2 heterocycles. The molecular weight excluding hydrogens is 367 g/mol. The van der Waals surface area contributed by atoms with Crippen LogP contribution in [0.2, 0.25) is 0 Å². The van der Waals surface area contributed by atoms with Crippen LogP contribution in [0.4, 0.5) is 10.1 Å². The van der Waals surface area contributed by atoms with Gasteiger partial charge in [0, 0.05) is 11.3 Å². The summed E-state index contributed by atoms with van der Waals surface area (Å²) in [5.74, 6) is -0.715. The van der Waals surface area contributed by atoms with Gasteiger partial charge in [-0.25, -0.2) is 4.39 Å². The summed E-state index contributed by atoms with van der Waals surface area (Å²) >= 11 is 5.59. The molecule has 7 heteroatoms. The fourth-order valence-corrected chi connectivity index (χ4v) is 4.31. The lowest BCUT2D eigenvalue weighted by molar-refractivity contribution is -0.159. The van der Waals surface area contributed by atoms with Crippen LogP contribution in [-0.4, -0.2) is 23.4 Å². The molecule has 2 bridgehead atoms. The maximum absolute atomic E-state index is 13.4. The normalized spacial score (nSPS) is 25.9. The topological polar surface area (TPSA) is 50.8 Å². The van der Waals surface area contributed by atoms with Crippen LogP contribution < -0.4 is 15.0 Å². The molecule has 2 aromatic carbocycles. The van der Waals surface area contributed by atoms with Crippen molar-refractivity contribution in [1.29, 1.82) is 0 Å². The average molecular weight is 386 g/mol. The minimum absolute atomic E-state index is 0.265. The number of nitrogens with one attached hydrogen (secondary N) is 1. The van der Waals surface area contributed by atoms with Crippen LogP contribution in [0.5, 0.6) is 5.75 Å². The summed E-state index contributed by atoms with van der Waals surface area (Å²) in [4.78, 5) is 14.6. The zero-order valence-corrected chi connectivity index (χ0v) is 15.8. The molecule has 3 unspecified atom stereocenters. The summed E-state index contributed by atoms with van der Waals surface area (Å²) in [6.45, 7) is 3.85. The lowest BCUT2D eigenvalue weighted by atomic mass is 9.79. The van der Waals surface area contributed by atoms with Crippen LogP contribution in [0.3, 0.4) is 0 Å². The van der Waals surface area contributed by atoms with Gasteiger partial charge in [-0.2, -0.15) is 0 Å². The number of hydrogen-bond acceptors (Lipinski definition) is 4. The summed E-state index contributed by atoms with van der Waals surface area (Å²) in [6.07, 6.45) is 0. The Morgan fingerprint density at radius 2 is 2.00 bits per heavy atom. The second kappa shape index (κ2) is 6.49. The molecule has 5 nitrogen and oxygen atoms in total. The van der Waals surface area contributed by atoms with Crippen molar-refractivity contribution in [2.45, 2.75) is 25.6 Å². The molecule has 0 aliphatic carbocycles. The standard InChI is InChI=1S/C20H19FN2O3S/c1-3-25-18(24)16-17-14-6-4-5-7-15(14)26-20(16,2)23(19(27)22-17)13-10-8-12(21)9-11-13/h4-11,16-17H,3H2,1-2H3,(H,22,27). The number of benzene rings is 2. The monoisotopic (exact) mass is 386 g/mol. The lowest BCUT2D eigenvalue weighted by Gasteiger charge is -2.55. The van der Waals surface area contributed by atoms with Crippen molar-refractivity contribution < 1.29 is 18.7 Å². The Morgan fingerprint density at radius 1 is 1.30 bits per heavy atom. The van der Waals surface area contributed by atoms with E-state index in [1.165, 1.54) is 12.1 Å². The van der Waals surface area contributed by atoms with Crippen molar-refractivity contribution in [3.8, 4) is 5.75 Å². The Morgan fingerprint density at radius 3 is 2.70 bits per heavy atom. The van der Waals surface area contributed by atoms with E-state index >= 15 is 0 Å². The van der Waals surface area contributed by atoms with E-state index in [1.54, 1.807) is 24.0 Å². The molecule has 2 aliphatic heterocycles. The number of esters is 1. The number of thiocarbonyl (C=S) groups is 1. The lowest BCUT2D eigenvalue weighted by Crippen LogP contribution is -2.71. The van der Waals surface area contributed by atoms with Gasteiger partial charge in [0.15, 0.2) is 5.11 Å². The van der Waals surface area contributed by atoms with Crippen molar-refractivity contribution in [3.05, 3.63) is 59.9 Å². The predicted molar refractivity (Wildman–Crippen MR) is 103 cm³/mol. The smallest absolute Gasteiger partial charge is 0.317 e. The third-order valence-corrected chi connectivity index (χ3v) is 5.33. The van der Waals surface area contributed by atoms with E-state index < -0.39 is 11.6 Å². The van der Waals surface area contributed by atoms with Gasteiger partial charge in [0.25, 0.3) is 0 Å². The quantitative estimate of drug-likeness (QED) is 0.643. The summed E-state index contributed by atoms with van der Waals surface area (Å²) < 4.78 is 25.1. The van der Waals surface area contributed by atoms with Gasteiger partial charge in [0.2, 0.25) is 5.72 Å². The van der Waals surface area contributed by atoms with Crippen LogP contribution in [0.25, 0.3) is 0 Å². The Kier molecular flexibility index (Phi) is 4.26. The molecule has 1 N–H and O–H groups in total. The Labute approximate surface area is 162 Å². The van der Waals surface area contributed by atoms with Crippen LogP contribution in [0, 0.1) is 11.7 Å². The minimum Gasteiger partial charge on any atom is -0.466 e. The average Bonchev–Trinajstić information content (AvgIpc) is 2.62. The molecule has 2 aromatic rings. The number of ether oxygens (including phenoxy) is 2. The number of rotatable bonds is 3. The highest BCUT2D eigenvalue weighted by atomic mass is 32.1. The second-order valence-electron chi connectivity index (χ2n) is 6.66. The van der Waals surface area contributed by atoms with E-state index in [1.807, 2.05) is 31.2 Å². The third kappa shape index (κ3) is 2.73. The molecule has 0 aromatic heterocycles. The second-order valence-corrected chi connectivity index (χ2v) is 7.05. The van der Waals surface area contributed by atoms with E-state index in [0.717, 1.165) is 5.56 Å². The van der Waals surface area contributed by atoms with Crippen molar-refractivity contribution >= 4 is 29.0 Å². The van der Waals surface area contributed by atoms with Crippen molar-refractivity contribution in [1.82, 2.24) is 5.32 Å². The molecule has 4 rings (SSSR count). The van der Waals surface area contributed by atoms with E-state index in [2.05, 4.69) is 5.32 Å². The fraction of sp³-hybridized carbons (Fsp3) is 0.300. The molecule has 0 saturated carbocycles. The van der Waals surface area contributed by atoms with Crippen molar-refractivity contribution in [2.24, 2.45) is 5.92 Å². The van der Waals surface area contributed by atoms with Gasteiger partial charge < -0.3 is 14.8 Å². The number of hydrogen-bond donors (Lipinski definition) is 1. The molecule has 3 atom stereocenters. The molecular formula is C20H19FN2O3S. The number of para-hydroxylation sites is 1. The first-order valence-electron chi connectivity index (χ1n) is 8.76. The highest BCUT2D eigenvalue weighted by molar-refractivity contribution is 7.80. The van der Waals surface area contributed by atoms with Gasteiger partial charge in [-0.3, -0.25) is 9.69 Å². The Balaban J connectivity index is 1.88. The number of carbonyl (C=O) groups excluding carboxylic acids is 1. The first-order valence-corrected chi connectivity index (χ1v) is 9.17. The molecule has 0 radical (unpaired) electrons. The predicted octanol–water partition coefficient (Wildman–Crippen LogP) is 3.55. The van der Waals surface area contributed by atoms with Gasteiger partial charge in [0.05, 0.1) is 12.6 Å². The number of fused-ring (bicyclic) bond motifs is 4. The maximum atomic E-state index is 13.4. The summed E-state index contributed by atoms with van der Waals surface area (Å²) in [5.41, 5.74) is 0.364. The van der Waals surface area contributed by atoms with Gasteiger partial charge in [-0.05, 0) is 56.4 Å². The molecule has 1 fully saturated rings. The van der Waals surface area contributed by atoms with Gasteiger partial charge >= 0.3 is 5.97 Å². The largest absolute Gasteiger partial charge is 0.466 e. The zero-order valence-electron chi connectivity index (χ0n) is 14.9. The number of halogens is 1. The molecule has 0 amide bonds. The van der Waals surface area contributed by atoms with Gasteiger partial charge in [-0.15, -0.1) is 0 Å². The first-order chi connectivity index (χ1) is 13.0. The SMILES string of the molecule is CCOC(=O)C1C2NC(=S)N(c3ccc(F)cc3)C1(C)Oc1ccccc12. The first kappa shape index (κ1) is 17.7. The van der Waals surface area contributed by atoms with Crippen LogP contribution in [0.1, 0.15) is 25.5 Å². The van der Waals surface area contributed by atoms with Crippen LogP contribution in [-0.2, 0) is 9.53 Å². The van der Waals surface area contributed by atoms with Crippen LogP contribution >= 0.6 is 12.2 Å². The van der Waals surface area contributed by atoms with Crippen molar-refractivity contribution in [2.75, 3.05) is 11.5 Å². The molecule has 27 heavy (non-hydrogen) atoms. The van der Waals surface area contributed by atoms with E-state index in [-0.39, 0.29) is 24.4 Å². The molecule has 140 valence electrons. The fourth-order valence-electron chi connectivity index (χ4n) is 3.90. The third-order valence-electron chi connectivity index (χ3n) is 5.03. The number of carbonyl (C=O) groups is 1. The number of anilines is 1. The van der Waals surface area contributed by atoms with E-state index in [9.17, 15) is 9.18 Å². The van der Waals surface area contributed by atoms with E-state index in [0.29, 0.717) is 16.5 Å². The van der Waals surface area contributed by atoms with Gasteiger partial charge in [0.1, 0.15) is 17.5 Å². The van der Waals surface area contributed by atoms with E-state index in [4.69, 9.17) is 21.7 Å². The Bertz CT molecular complexity index is 904. The Hall–Kier alpha value is -2.67. The molecule has 2 aliphatic rings. The molecule has 1 saturated heterocycles. The highest BCUT2D eigenvalue weighted by Crippen LogP contribution is 2.49. The van der Waals surface area contributed by atoms with Crippen LogP contribution in [0.15, 0.2) is 48.5 Å². The summed E-state index contributed by atoms with van der Waals surface area (Å²) in [5, 5.41) is 3.67. The van der Waals surface area contributed by atoms with Crippen molar-refractivity contribution in [3.63, 3.8) is 0 Å². The zero-order chi connectivity index (χ0) is 19.2.